The van der Waals surface area contributed by atoms with Crippen LogP contribution in [0.2, 0.25) is 0 Å². The number of hydrogen-bond acceptors (Lipinski definition) is 4. The van der Waals surface area contributed by atoms with Gasteiger partial charge in [-0.15, -0.1) is 0 Å². The molecule has 4 nitrogen and oxygen atoms in total. The fourth-order valence-electron chi connectivity index (χ4n) is 1.63. The number of para-hydroxylation sites is 4. The average Bonchev–Trinajstić information content (AvgIpc) is 2.42. The summed E-state index contributed by atoms with van der Waals surface area (Å²) < 4.78 is 0. The van der Waals surface area contributed by atoms with Crippen LogP contribution >= 0.6 is 0 Å². The first-order valence-corrected chi connectivity index (χ1v) is 6.10. The SMILES string of the molecule is Oc1ccccc1N=CCCNc1ccccc1O. The summed E-state index contributed by atoms with van der Waals surface area (Å²) in [7, 11) is 0. The largest absolute Gasteiger partial charge is 0.506 e. The number of nitrogens with one attached hydrogen (secondary N) is 1. The molecule has 2 rings (SSSR count). The van der Waals surface area contributed by atoms with Crippen molar-refractivity contribution in [2.75, 3.05) is 11.9 Å². The summed E-state index contributed by atoms with van der Waals surface area (Å²) in [5, 5.41) is 22.2. The molecule has 2 aromatic carbocycles. The summed E-state index contributed by atoms with van der Waals surface area (Å²) in [6.07, 6.45) is 2.44. The van der Waals surface area contributed by atoms with Gasteiger partial charge in [0.25, 0.3) is 0 Å². The first-order chi connectivity index (χ1) is 9.27. The van der Waals surface area contributed by atoms with Gasteiger partial charge in [-0.3, -0.25) is 4.99 Å². The summed E-state index contributed by atoms with van der Waals surface area (Å²) in [5.41, 5.74) is 1.27. The molecule has 0 radical (unpaired) electrons. The number of aliphatic imine (C=N–C) groups is 1. The Bertz CT molecular complexity index is 568. The Hall–Kier alpha value is -2.49. The lowest BCUT2D eigenvalue weighted by Crippen LogP contribution is -2.01. The van der Waals surface area contributed by atoms with Crippen molar-refractivity contribution in [3.63, 3.8) is 0 Å². The van der Waals surface area contributed by atoms with Crippen LogP contribution in [0.15, 0.2) is 53.5 Å². The number of nitrogens with zero attached hydrogens (tertiary/aromatic N) is 1. The zero-order chi connectivity index (χ0) is 13.5. The monoisotopic (exact) mass is 256 g/mol. The van der Waals surface area contributed by atoms with Crippen molar-refractivity contribution < 1.29 is 10.2 Å². The minimum Gasteiger partial charge on any atom is -0.506 e. The van der Waals surface area contributed by atoms with E-state index in [1.54, 1.807) is 36.5 Å². The van der Waals surface area contributed by atoms with Crippen LogP contribution in [-0.2, 0) is 0 Å². The van der Waals surface area contributed by atoms with Gasteiger partial charge in [-0.1, -0.05) is 24.3 Å². The van der Waals surface area contributed by atoms with Gasteiger partial charge < -0.3 is 15.5 Å². The molecule has 0 bridgehead atoms. The molecule has 0 aliphatic rings. The van der Waals surface area contributed by atoms with Crippen molar-refractivity contribution in [3.05, 3.63) is 48.5 Å². The number of anilines is 1. The third kappa shape index (κ3) is 3.74. The van der Waals surface area contributed by atoms with E-state index in [-0.39, 0.29) is 11.5 Å². The summed E-state index contributed by atoms with van der Waals surface area (Å²) in [6.45, 7) is 0.661. The van der Waals surface area contributed by atoms with Crippen molar-refractivity contribution in [3.8, 4) is 11.5 Å². The van der Waals surface area contributed by atoms with E-state index in [1.165, 1.54) is 0 Å². The molecule has 0 unspecified atom stereocenters. The Balaban J connectivity index is 1.82. The number of aromatic hydroxyl groups is 2. The highest BCUT2D eigenvalue weighted by Gasteiger charge is 1.97. The van der Waals surface area contributed by atoms with Crippen molar-refractivity contribution >= 4 is 17.6 Å². The molecule has 0 aliphatic carbocycles. The molecular weight excluding hydrogens is 240 g/mol. The van der Waals surface area contributed by atoms with Gasteiger partial charge in [-0.25, -0.2) is 0 Å². The zero-order valence-corrected chi connectivity index (χ0v) is 10.5. The number of phenolic OH excluding ortho intramolecular Hbond substituents is 2. The van der Waals surface area contributed by atoms with Crippen molar-refractivity contribution in [2.24, 2.45) is 4.99 Å². The summed E-state index contributed by atoms with van der Waals surface area (Å²) in [5.74, 6) is 0.410. The Labute approximate surface area is 112 Å². The zero-order valence-electron chi connectivity index (χ0n) is 10.5. The number of benzene rings is 2. The van der Waals surface area contributed by atoms with E-state index in [2.05, 4.69) is 10.3 Å². The topological polar surface area (TPSA) is 64.9 Å². The van der Waals surface area contributed by atoms with Crippen molar-refractivity contribution in [2.45, 2.75) is 6.42 Å². The van der Waals surface area contributed by atoms with Crippen molar-refractivity contribution in [1.29, 1.82) is 0 Å². The lowest BCUT2D eigenvalue weighted by atomic mass is 10.3. The molecule has 19 heavy (non-hydrogen) atoms. The molecule has 0 heterocycles. The van der Waals surface area contributed by atoms with Crippen LogP contribution in [0, 0.1) is 0 Å². The third-order valence-electron chi connectivity index (χ3n) is 2.61. The summed E-state index contributed by atoms with van der Waals surface area (Å²) >= 11 is 0. The lowest BCUT2D eigenvalue weighted by Gasteiger charge is -2.05. The normalized spacial score (nSPS) is 10.7. The maximum Gasteiger partial charge on any atom is 0.141 e. The first kappa shape index (κ1) is 13.0. The van der Waals surface area contributed by atoms with Crippen LogP contribution < -0.4 is 5.32 Å². The van der Waals surface area contributed by atoms with Crippen LogP contribution in [0.4, 0.5) is 11.4 Å². The molecule has 0 aromatic heterocycles. The van der Waals surface area contributed by atoms with Gasteiger partial charge in [0, 0.05) is 19.2 Å². The van der Waals surface area contributed by atoms with Gasteiger partial charge in [0.1, 0.15) is 17.2 Å². The maximum absolute atomic E-state index is 9.55. The van der Waals surface area contributed by atoms with Gasteiger partial charge >= 0.3 is 0 Å². The van der Waals surface area contributed by atoms with Crippen LogP contribution in [-0.4, -0.2) is 23.0 Å². The van der Waals surface area contributed by atoms with Gasteiger partial charge in [0.05, 0.1) is 5.69 Å². The highest BCUT2D eigenvalue weighted by molar-refractivity contribution is 5.67. The Kier molecular flexibility index (Phi) is 4.39. The van der Waals surface area contributed by atoms with Crippen LogP contribution in [0.3, 0.4) is 0 Å². The third-order valence-corrected chi connectivity index (χ3v) is 2.61. The molecule has 98 valence electrons. The molecular formula is C15H16N2O2. The Morgan fingerprint density at radius 3 is 2.37 bits per heavy atom. The quantitative estimate of drug-likeness (QED) is 0.437. The summed E-state index contributed by atoms with van der Waals surface area (Å²) in [6, 6.07) is 14.0. The average molecular weight is 256 g/mol. The van der Waals surface area contributed by atoms with Crippen LogP contribution in [0.5, 0.6) is 11.5 Å². The van der Waals surface area contributed by atoms with Gasteiger partial charge in [-0.05, 0) is 24.3 Å². The van der Waals surface area contributed by atoms with E-state index in [4.69, 9.17) is 0 Å². The maximum atomic E-state index is 9.55. The second-order valence-electron chi connectivity index (χ2n) is 4.03. The molecule has 0 aliphatic heterocycles. The van der Waals surface area contributed by atoms with E-state index in [1.807, 2.05) is 18.2 Å². The Morgan fingerprint density at radius 2 is 1.63 bits per heavy atom. The van der Waals surface area contributed by atoms with E-state index < -0.39 is 0 Å². The molecule has 2 aromatic rings. The summed E-state index contributed by atoms with van der Waals surface area (Å²) in [4.78, 5) is 4.18. The Morgan fingerprint density at radius 1 is 0.947 bits per heavy atom. The predicted molar refractivity (Wildman–Crippen MR) is 77.5 cm³/mol. The molecule has 0 saturated heterocycles. The highest BCUT2D eigenvalue weighted by atomic mass is 16.3. The number of hydrogen-bond donors (Lipinski definition) is 3. The fraction of sp³-hybridized carbons (Fsp3) is 0.133. The molecule has 0 fully saturated rings. The number of rotatable bonds is 5. The lowest BCUT2D eigenvalue weighted by molar-refractivity contribution is 0.476. The molecule has 0 spiro atoms. The molecule has 4 heteroatoms. The van der Waals surface area contributed by atoms with E-state index in [9.17, 15) is 10.2 Å². The second kappa shape index (κ2) is 6.44. The number of phenols is 2. The minimum absolute atomic E-state index is 0.174. The van der Waals surface area contributed by atoms with E-state index >= 15 is 0 Å². The van der Waals surface area contributed by atoms with Gasteiger partial charge in [0.2, 0.25) is 0 Å². The molecule has 0 saturated carbocycles. The fourth-order valence-corrected chi connectivity index (χ4v) is 1.63. The second-order valence-corrected chi connectivity index (χ2v) is 4.03. The highest BCUT2D eigenvalue weighted by Crippen LogP contribution is 2.24. The van der Waals surface area contributed by atoms with Crippen molar-refractivity contribution in [1.82, 2.24) is 0 Å². The van der Waals surface area contributed by atoms with Crippen LogP contribution in [0.1, 0.15) is 6.42 Å². The minimum atomic E-state index is 0.174. The van der Waals surface area contributed by atoms with E-state index in [0.29, 0.717) is 24.3 Å². The standard InChI is InChI=1S/C15H16N2O2/c18-14-8-3-1-6-12(14)16-10-5-11-17-13-7-2-4-9-15(13)19/h1-4,6-10,17-19H,5,11H2. The first-order valence-electron chi connectivity index (χ1n) is 6.10. The smallest absolute Gasteiger partial charge is 0.141 e. The van der Waals surface area contributed by atoms with Crippen LogP contribution in [0.25, 0.3) is 0 Å². The molecule has 0 amide bonds. The molecule has 3 N–H and O–H groups in total. The molecule has 0 atom stereocenters. The van der Waals surface area contributed by atoms with Gasteiger partial charge in [-0.2, -0.15) is 0 Å². The van der Waals surface area contributed by atoms with E-state index in [0.717, 1.165) is 0 Å². The van der Waals surface area contributed by atoms with Gasteiger partial charge in [0.15, 0.2) is 0 Å². The predicted octanol–water partition coefficient (Wildman–Crippen LogP) is 3.30.